The Labute approximate surface area is 263 Å². The zero-order valence-corrected chi connectivity index (χ0v) is 25.5. The van der Waals surface area contributed by atoms with Gasteiger partial charge in [0.25, 0.3) is 5.91 Å². The van der Waals surface area contributed by atoms with Gasteiger partial charge in [-0.05, 0) is 60.5 Å². The lowest BCUT2D eigenvalue weighted by atomic mass is 10.0. The highest BCUT2D eigenvalue weighted by molar-refractivity contribution is 6.34. The first-order chi connectivity index (χ1) is 21.7. The number of halogens is 1. The van der Waals surface area contributed by atoms with Gasteiger partial charge in [-0.15, -0.1) is 0 Å². The molecule has 45 heavy (non-hydrogen) atoms. The van der Waals surface area contributed by atoms with E-state index in [0.29, 0.717) is 21.8 Å². The van der Waals surface area contributed by atoms with Gasteiger partial charge in [-0.1, -0.05) is 48.0 Å². The average molecular weight is 626 g/mol. The summed E-state index contributed by atoms with van der Waals surface area (Å²) in [5, 5.41) is 5.52. The monoisotopic (exact) mass is 625 g/mol. The first-order valence-electron chi connectivity index (χ1n) is 13.7. The minimum Gasteiger partial charge on any atom is -0.493 e. The molecule has 228 valence electrons. The van der Waals surface area contributed by atoms with Gasteiger partial charge in [-0.3, -0.25) is 9.59 Å². The van der Waals surface area contributed by atoms with Gasteiger partial charge >= 0.3 is 11.9 Å². The van der Waals surface area contributed by atoms with Crippen molar-refractivity contribution in [1.82, 2.24) is 10.4 Å². The van der Waals surface area contributed by atoms with Crippen molar-refractivity contribution in [3.8, 4) is 34.1 Å². The Balaban J connectivity index is 1.34. The molecule has 0 aliphatic rings. The van der Waals surface area contributed by atoms with E-state index in [1.54, 1.807) is 24.3 Å². The third-order valence-electron chi connectivity index (χ3n) is 6.84. The number of aromatic amines is 1. The number of amides is 1. The molecule has 0 unspecified atom stereocenters. The molecule has 1 heterocycles. The van der Waals surface area contributed by atoms with E-state index in [2.05, 4.69) is 15.5 Å². The van der Waals surface area contributed by atoms with Gasteiger partial charge in [0, 0.05) is 34.0 Å². The molecule has 0 fully saturated rings. The largest absolute Gasteiger partial charge is 0.493 e. The highest BCUT2D eigenvalue weighted by Gasteiger charge is 2.22. The number of carbonyl (C=O) groups is 3. The summed E-state index contributed by atoms with van der Waals surface area (Å²) in [5.41, 5.74) is 6.84. The zero-order chi connectivity index (χ0) is 32.1. The van der Waals surface area contributed by atoms with E-state index in [9.17, 15) is 14.4 Å². The molecular formula is C34H28ClN3O7. The summed E-state index contributed by atoms with van der Waals surface area (Å²) in [4.78, 5) is 40.8. The Morgan fingerprint density at radius 1 is 0.844 bits per heavy atom. The van der Waals surface area contributed by atoms with Crippen molar-refractivity contribution in [2.24, 2.45) is 5.10 Å². The molecule has 11 heteroatoms. The SMILES string of the molecule is COc1cc(C(=O)Oc2ccc(C=NNC(=O)c3[nH]c4c(C)cccc4c3-c3ccccc3Cl)cc2OC)ccc1OC(C)=O. The van der Waals surface area contributed by atoms with Crippen LogP contribution in [0.15, 0.2) is 84.0 Å². The topological polar surface area (TPSA) is 128 Å². The zero-order valence-electron chi connectivity index (χ0n) is 24.8. The lowest BCUT2D eigenvalue weighted by molar-refractivity contribution is -0.132. The van der Waals surface area contributed by atoms with Gasteiger partial charge in [0.1, 0.15) is 5.69 Å². The Morgan fingerprint density at radius 2 is 1.56 bits per heavy atom. The van der Waals surface area contributed by atoms with E-state index in [1.165, 1.54) is 45.6 Å². The number of H-pyrrole nitrogens is 1. The lowest BCUT2D eigenvalue weighted by Crippen LogP contribution is -2.19. The molecule has 1 amide bonds. The number of carbonyl (C=O) groups excluding carboxylic acids is 3. The minimum absolute atomic E-state index is 0.157. The second kappa shape index (κ2) is 13.4. The summed E-state index contributed by atoms with van der Waals surface area (Å²) in [6.07, 6.45) is 1.44. The molecule has 0 spiro atoms. The minimum atomic E-state index is -0.683. The van der Waals surface area contributed by atoms with Crippen molar-refractivity contribution in [2.45, 2.75) is 13.8 Å². The van der Waals surface area contributed by atoms with Crippen LogP contribution in [0.2, 0.25) is 5.02 Å². The first-order valence-corrected chi connectivity index (χ1v) is 14.0. The van der Waals surface area contributed by atoms with Gasteiger partial charge in [0.05, 0.1) is 26.0 Å². The maximum absolute atomic E-state index is 13.4. The Morgan fingerprint density at radius 3 is 2.29 bits per heavy atom. The predicted molar refractivity (Wildman–Crippen MR) is 171 cm³/mol. The molecule has 0 atom stereocenters. The number of aryl methyl sites for hydroxylation is 1. The number of para-hydroxylation sites is 1. The fourth-order valence-corrected chi connectivity index (χ4v) is 4.97. The van der Waals surface area contributed by atoms with E-state index in [1.807, 2.05) is 43.3 Å². The van der Waals surface area contributed by atoms with Crippen LogP contribution < -0.4 is 24.4 Å². The molecule has 0 aliphatic carbocycles. The van der Waals surface area contributed by atoms with Crippen LogP contribution in [-0.4, -0.2) is 43.3 Å². The number of fused-ring (bicyclic) bond motifs is 1. The van der Waals surface area contributed by atoms with Gasteiger partial charge < -0.3 is 23.9 Å². The number of esters is 2. The third-order valence-corrected chi connectivity index (χ3v) is 7.17. The number of hydrogen-bond acceptors (Lipinski definition) is 8. The number of benzene rings is 4. The van der Waals surface area contributed by atoms with Crippen LogP contribution in [-0.2, 0) is 4.79 Å². The summed E-state index contributed by atoms with van der Waals surface area (Å²) in [7, 11) is 2.82. The van der Waals surface area contributed by atoms with E-state index < -0.39 is 17.8 Å². The molecule has 0 radical (unpaired) electrons. The summed E-state index contributed by atoms with van der Waals surface area (Å²) in [6.45, 7) is 3.22. The van der Waals surface area contributed by atoms with E-state index >= 15 is 0 Å². The Bertz CT molecular complexity index is 1970. The molecule has 0 saturated carbocycles. The van der Waals surface area contributed by atoms with E-state index in [4.69, 9.17) is 30.5 Å². The molecule has 0 aliphatic heterocycles. The average Bonchev–Trinajstić information content (AvgIpc) is 3.42. The normalized spacial score (nSPS) is 11.0. The van der Waals surface area contributed by atoms with Crippen molar-refractivity contribution < 1.29 is 33.3 Å². The summed E-state index contributed by atoms with van der Waals surface area (Å²) in [6, 6.07) is 22.2. The van der Waals surface area contributed by atoms with E-state index in [-0.39, 0.29) is 28.6 Å². The van der Waals surface area contributed by atoms with Gasteiger partial charge in [0.15, 0.2) is 23.0 Å². The van der Waals surface area contributed by atoms with Crippen molar-refractivity contribution in [1.29, 1.82) is 0 Å². The predicted octanol–water partition coefficient (Wildman–Crippen LogP) is 6.72. The van der Waals surface area contributed by atoms with Crippen LogP contribution in [0, 0.1) is 6.92 Å². The van der Waals surface area contributed by atoms with Crippen LogP contribution in [0.4, 0.5) is 0 Å². The lowest BCUT2D eigenvalue weighted by Gasteiger charge is -2.12. The summed E-state index contributed by atoms with van der Waals surface area (Å²) < 4.78 is 21.3. The molecule has 5 aromatic rings. The van der Waals surface area contributed by atoms with Crippen LogP contribution in [0.3, 0.4) is 0 Å². The maximum atomic E-state index is 13.4. The highest BCUT2D eigenvalue weighted by atomic mass is 35.5. The van der Waals surface area contributed by atoms with Crippen molar-refractivity contribution >= 4 is 46.6 Å². The number of nitrogens with zero attached hydrogens (tertiary/aromatic N) is 1. The highest BCUT2D eigenvalue weighted by Crippen LogP contribution is 2.37. The number of ether oxygens (including phenoxy) is 4. The third kappa shape index (κ3) is 6.66. The standard InChI is InChI=1S/C34H28ClN3O7/c1-19-8-7-10-24-30(23-9-5-6-11-25(23)35)32(37-31(19)24)33(40)38-36-18-21-12-14-27(28(16-21)42-3)45-34(41)22-13-15-26(44-20(2)39)29(17-22)43-4/h5-18,37H,1-4H3,(H,38,40). The molecule has 10 nitrogen and oxygen atoms in total. The van der Waals surface area contributed by atoms with Crippen molar-refractivity contribution in [3.63, 3.8) is 0 Å². The second-order valence-electron chi connectivity index (χ2n) is 9.81. The quantitative estimate of drug-likeness (QED) is 0.0805. The molecule has 0 saturated heterocycles. The van der Waals surface area contributed by atoms with Crippen molar-refractivity contribution in [2.75, 3.05) is 14.2 Å². The van der Waals surface area contributed by atoms with Gasteiger partial charge in [-0.2, -0.15) is 5.10 Å². The van der Waals surface area contributed by atoms with E-state index in [0.717, 1.165) is 22.0 Å². The molecular weight excluding hydrogens is 598 g/mol. The summed E-state index contributed by atoms with van der Waals surface area (Å²) >= 11 is 6.52. The number of methoxy groups -OCH3 is 2. The first kappa shape index (κ1) is 30.8. The molecule has 2 N–H and O–H groups in total. The van der Waals surface area contributed by atoms with Crippen molar-refractivity contribution in [3.05, 3.63) is 106 Å². The Kier molecular flexibility index (Phi) is 9.15. The smallest absolute Gasteiger partial charge is 0.343 e. The van der Waals surface area contributed by atoms with Crippen LogP contribution in [0.1, 0.15) is 38.9 Å². The number of hydrogen-bond donors (Lipinski definition) is 2. The number of rotatable bonds is 9. The number of nitrogens with one attached hydrogen (secondary N) is 2. The van der Waals surface area contributed by atoms with Crippen LogP contribution in [0.5, 0.6) is 23.0 Å². The van der Waals surface area contributed by atoms with Gasteiger partial charge in [-0.25, -0.2) is 10.2 Å². The second-order valence-corrected chi connectivity index (χ2v) is 10.2. The molecule has 0 bridgehead atoms. The number of hydrazone groups is 1. The maximum Gasteiger partial charge on any atom is 0.343 e. The van der Waals surface area contributed by atoms with Crippen LogP contribution in [0.25, 0.3) is 22.0 Å². The summed E-state index contributed by atoms with van der Waals surface area (Å²) in [5.74, 6) is -0.872. The number of aromatic nitrogens is 1. The Hall–Kier alpha value is -5.61. The molecule has 5 rings (SSSR count). The molecule has 1 aromatic heterocycles. The molecule has 4 aromatic carbocycles. The fraction of sp³-hybridized carbons (Fsp3) is 0.118. The van der Waals surface area contributed by atoms with Crippen LogP contribution >= 0.6 is 11.6 Å². The fourth-order valence-electron chi connectivity index (χ4n) is 4.74. The van der Waals surface area contributed by atoms with Gasteiger partial charge in [0.2, 0.25) is 0 Å².